The van der Waals surface area contributed by atoms with E-state index in [9.17, 15) is 18.4 Å². The predicted molar refractivity (Wildman–Crippen MR) is 106 cm³/mol. The zero-order valence-corrected chi connectivity index (χ0v) is 15.8. The molecular weight excluding hydrogens is 390 g/mol. The number of halogens is 2. The average molecular weight is 408 g/mol. The molecule has 3 aromatic carbocycles. The monoisotopic (exact) mass is 408 g/mol. The first-order valence-corrected chi connectivity index (χ1v) is 9.31. The summed E-state index contributed by atoms with van der Waals surface area (Å²) in [5.74, 6) is -3.08. The molecule has 0 aliphatic carbocycles. The fourth-order valence-corrected chi connectivity index (χ4v) is 3.73. The summed E-state index contributed by atoms with van der Waals surface area (Å²) in [7, 11) is 0. The van der Waals surface area contributed by atoms with Gasteiger partial charge in [0.25, 0.3) is 5.91 Å². The highest BCUT2D eigenvalue weighted by atomic mass is 19.1. The van der Waals surface area contributed by atoms with Crippen molar-refractivity contribution in [3.8, 4) is 5.75 Å². The predicted octanol–water partition coefficient (Wildman–Crippen LogP) is 3.77. The van der Waals surface area contributed by atoms with E-state index < -0.39 is 35.5 Å². The molecule has 0 radical (unpaired) electrons. The van der Waals surface area contributed by atoms with E-state index in [0.29, 0.717) is 17.2 Å². The quantitative estimate of drug-likeness (QED) is 0.699. The lowest BCUT2D eigenvalue weighted by atomic mass is 9.98. The second-order valence-electron chi connectivity index (χ2n) is 6.93. The molecule has 30 heavy (non-hydrogen) atoms. The van der Waals surface area contributed by atoms with Gasteiger partial charge in [0, 0.05) is 17.2 Å². The Hall–Kier alpha value is -3.74. The van der Waals surface area contributed by atoms with Crippen molar-refractivity contribution in [2.24, 2.45) is 5.73 Å². The van der Waals surface area contributed by atoms with Crippen molar-refractivity contribution in [1.29, 1.82) is 0 Å². The van der Waals surface area contributed by atoms with E-state index in [1.807, 2.05) is 0 Å². The molecule has 0 unspecified atom stereocenters. The van der Waals surface area contributed by atoms with Gasteiger partial charge in [-0.05, 0) is 23.8 Å². The van der Waals surface area contributed by atoms with Crippen molar-refractivity contribution in [2.75, 3.05) is 6.61 Å². The van der Waals surface area contributed by atoms with Gasteiger partial charge in [0.05, 0.1) is 6.04 Å². The lowest BCUT2D eigenvalue weighted by Gasteiger charge is -2.34. The van der Waals surface area contributed by atoms with Crippen LogP contribution in [0.3, 0.4) is 0 Å². The van der Waals surface area contributed by atoms with E-state index in [2.05, 4.69) is 0 Å². The van der Waals surface area contributed by atoms with Gasteiger partial charge in [0.1, 0.15) is 18.5 Å². The van der Waals surface area contributed by atoms with Crippen LogP contribution in [0.25, 0.3) is 0 Å². The highest BCUT2D eigenvalue weighted by Crippen LogP contribution is 2.42. The van der Waals surface area contributed by atoms with Crippen molar-refractivity contribution < 1.29 is 23.1 Å². The number of carbonyl (C=O) groups is 2. The maximum absolute atomic E-state index is 14.2. The van der Waals surface area contributed by atoms with E-state index in [1.54, 1.807) is 60.7 Å². The Morgan fingerprint density at radius 1 is 1.00 bits per heavy atom. The molecule has 0 saturated carbocycles. The molecule has 4 rings (SSSR count). The summed E-state index contributed by atoms with van der Waals surface area (Å²) in [6, 6.07) is 16.6. The standard InChI is InChI=1S/C23H18F2N2O3/c24-16-11-17-19(13-30-21(17)18(25)12-16)27(23(29)15-9-5-2-6-10-15)20(22(26)28)14-7-3-1-4-8-14/h1-12,19-20H,13H2,(H2,26,28)/t19-,20-/m1/s1. The summed E-state index contributed by atoms with van der Waals surface area (Å²) < 4.78 is 33.7. The second kappa shape index (κ2) is 7.94. The van der Waals surface area contributed by atoms with Gasteiger partial charge in [-0.15, -0.1) is 0 Å². The normalized spacial score (nSPS) is 15.7. The van der Waals surface area contributed by atoms with Crippen LogP contribution in [0.5, 0.6) is 5.75 Å². The Morgan fingerprint density at radius 3 is 2.27 bits per heavy atom. The number of hydrogen-bond acceptors (Lipinski definition) is 3. The Balaban J connectivity index is 1.88. The Labute approximate surface area is 171 Å². The maximum Gasteiger partial charge on any atom is 0.255 e. The molecule has 2 amide bonds. The topological polar surface area (TPSA) is 72.6 Å². The molecule has 0 saturated heterocycles. The summed E-state index contributed by atoms with van der Waals surface area (Å²) in [5.41, 5.74) is 6.66. The Kier molecular flexibility index (Phi) is 5.18. The maximum atomic E-state index is 14.2. The molecule has 5 nitrogen and oxygen atoms in total. The van der Waals surface area contributed by atoms with Gasteiger partial charge in [-0.1, -0.05) is 48.5 Å². The van der Waals surface area contributed by atoms with Crippen molar-refractivity contribution in [3.63, 3.8) is 0 Å². The highest BCUT2D eigenvalue weighted by molar-refractivity contribution is 5.98. The van der Waals surface area contributed by atoms with E-state index in [4.69, 9.17) is 10.5 Å². The molecular formula is C23H18F2N2O3. The average Bonchev–Trinajstić information content (AvgIpc) is 3.16. The van der Waals surface area contributed by atoms with Crippen LogP contribution in [0.15, 0.2) is 72.8 Å². The van der Waals surface area contributed by atoms with Crippen molar-refractivity contribution in [2.45, 2.75) is 12.1 Å². The minimum Gasteiger partial charge on any atom is -0.488 e. The third-order valence-corrected chi connectivity index (χ3v) is 5.04. The molecule has 0 spiro atoms. The molecule has 1 aliphatic heterocycles. The van der Waals surface area contributed by atoms with Gasteiger partial charge in [-0.3, -0.25) is 9.59 Å². The van der Waals surface area contributed by atoms with Gasteiger partial charge >= 0.3 is 0 Å². The largest absolute Gasteiger partial charge is 0.488 e. The van der Waals surface area contributed by atoms with Crippen LogP contribution < -0.4 is 10.5 Å². The fraction of sp³-hybridized carbons (Fsp3) is 0.130. The summed E-state index contributed by atoms with van der Waals surface area (Å²) >= 11 is 0. The summed E-state index contributed by atoms with van der Waals surface area (Å²) in [5, 5.41) is 0. The number of fused-ring (bicyclic) bond motifs is 1. The van der Waals surface area contributed by atoms with Crippen LogP contribution in [0.2, 0.25) is 0 Å². The Bertz CT molecular complexity index is 1090. The summed E-state index contributed by atoms with van der Waals surface area (Å²) in [6.45, 7) is -0.134. The van der Waals surface area contributed by atoms with E-state index in [1.165, 1.54) is 4.90 Å². The number of carbonyl (C=O) groups excluding carboxylic acids is 2. The SMILES string of the molecule is NC(=O)[C@@H](c1ccccc1)N(C(=O)c1ccccc1)[C@@H]1COc2c(F)cc(F)cc21. The molecule has 1 heterocycles. The second-order valence-corrected chi connectivity index (χ2v) is 6.93. The minimum atomic E-state index is -1.16. The number of ether oxygens (including phenoxy) is 1. The van der Waals surface area contributed by atoms with Gasteiger partial charge in [0.2, 0.25) is 5.91 Å². The zero-order chi connectivity index (χ0) is 21.3. The van der Waals surface area contributed by atoms with Crippen molar-refractivity contribution in [1.82, 2.24) is 4.90 Å². The number of hydrogen-bond donors (Lipinski definition) is 1. The van der Waals surface area contributed by atoms with Gasteiger partial charge in [-0.25, -0.2) is 8.78 Å². The first-order chi connectivity index (χ1) is 14.5. The molecule has 2 N–H and O–H groups in total. The minimum absolute atomic E-state index is 0.134. The first-order valence-electron chi connectivity index (χ1n) is 9.31. The molecule has 2 atom stereocenters. The van der Waals surface area contributed by atoms with Crippen LogP contribution in [-0.4, -0.2) is 23.3 Å². The molecule has 152 valence electrons. The van der Waals surface area contributed by atoms with Crippen LogP contribution in [0.1, 0.15) is 33.6 Å². The number of benzene rings is 3. The number of rotatable bonds is 5. The van der Waals surface area contributed by atoms with Crippen LogP contribution in [-0.2, 0) is 4.79 Å². The third-order valence-electron chi connectivity index (χ3n) is 5.04. The fourth-order valence-electron chi connectivity index (χ4n) is 3.73. The highest BCUT2D eigenvalue weighted by Gasteiger charge is 2.41. The van der Waals surface area contributed by atoms with E-state index >= 15 is 0 Å². The molecule has 1 aliphatic rings. The van der Waals surface area contributed by atoms with Gasteiger partial charge < -0.3 is 15.4 Å². The van der Waals surface area contributed by atoms with Gasteiger partial charge in [0.15, 0.2) is 11.6 Å². The third kappa shape index (κ3) is 3.50. The lowest BCUT2D eigenvalue weighted by molar-refractivity contribution is -0.123. The summed E-state index contributed by atoms with van der Waals surface area (Å²) in [6.07, 6.45) is 0. The van der Waals surface area contributed by atoms with E-state index in [-0.39, 0.29) is 17.9 Å². The number of primary amides is 1. The zero-order valence-electron chi connectivity index (χ0n) is 15.8. The van der Waals surface area contributed by atoms with Crippen molar-refractivity contribution >= 4 is 11.8 Å². The lowest BCUT2D eigenvalue weighted by Crippen LogP contribution is -2.44. The first kappa shape index (κ1) is 19.6. The van der Waals surface area contributed by atoms with Crippen molar-refractivity contribution in [3.05, 3.63) is 101 Å². The molecule has 0 fully saturated rings. The molecule has 7 heteroatoms. The summed E-state index contributed by atoms with van der Waals surface area (Å²) in [4.78, 5) is 27.3. The van der Waals surface area contributed by atoms with E-state index in [0.717, 1.165) is 6.07 Å². The Morgan fingerprint density at radius 2 is 1.63 bits per heavy atom. The smallest absolute Gasteiger partial charge is 0.255 e. The van der Waals surface area contributed by atoms with Crippen LogP contribution in [0, 0.1) is 11.6 Å². The number of nitrogens with two attached hydrogens (primary N) is 1. The number of amides is 2. The van der Waals surface area contributed by atoms with Crippen LogP contribution >= 0.6 is 0 Å². The molecule has 0 aromatic heterocycles. The molecule has 3 aromatic rings. The van der Waals surface area contributed by atoms with Crippen LogP contribution in [0.4, 0.5) is 8.78 Å². The number of nitrogens with zero attached hydrogens (tertiary/aromatic N) is 1. The van der Waals surface area contributed by atoms with Gasteiger partial charge in [-0.2, -0.15) is 0 Å². The molecule has 0 bridgehead atoms.